The van der Waals surface area contributed by atoms with Crippen molar-refractivity contribution in [3.63, 3.8) is 0 Å². The molecule has 6 nitrogen and oxygen atoms in total. The Balaban J connectivity index is 2.70. The highest BCUT2D eigenvalue weighted by atomic mass is 16.6. The molecule has 0 fully saturated rings. The fourth-order valence-electron chi connectivity index (χ4n) is 1.22. The van der Waals surface area contributed by atoms with Gasteiger partial charge in [0.25, 0.3) is 11.6 Å². The summed E-state index contributed by atoms with van der Waals surface area (Å²) in [6.07, 6.45) is 0. The van der Waals surface area contributed by atoms with Crippen molar-refractivity contribution in [2.24, 2.45) is 0 Å². The number of amides is 1. The van der Waals surface area contributed by atoms with Gasteiger partial charge in [-0.3, -0.25) is 14.9 Å². The van der Waals surface area contributed by atoms with Crippen LogP contribution in [0, 0.1) is 10.1 Å². The first kappa shape index (κ1) is 12.1. The first-order valence-corrected chi connectivity index (χ1v) is 4.82. The van der Waals surface area contributed by atoms with Crippen LogP contribution in [-0.4, -0.2) is 31.5 Å². The molecule has 0 unspecified atom stereocenters. The molecule has 0 atom stereocenters. The van der Waals surface area contributed by atoms with Crippen molar-refractivity contribution in [1.82, 2.24) is 0 Å². The highest BCUT2D eigenvalue weighted by molar-refractivity contribution is 5.91. The number of carbonyl (C=O) groups is 1. The van der Waals surface area contributed by atoms with Gasteiger partial charge in [-0.25, -0.2) is 0 Å². The van der Waals surface area contributed by atoms with Crippen molar-refractivity contribution in [3.05, 3.63) is 34.4 Å². The van der Waals surface area contributed by atoms with Crippen LogP contribution in [0.4, 0.5) is 11.4 Å². The van der Waals surface area contributed by atoms with E-state index in [4.69, 9.17) is 0 Å². The minimum absolute atomic E-state index is 0.0324. The topological polar surface area (TPSA) is 76.7 Å². The minimum atomic E-state index is -0.493. The van der Waals surface area contributed by atoms with E-state index in [-0.39, 0.29) is 11.6 Å². The summed E-state index contributed by atoms with van der Waals surface area (Å²) in [6.45, 7) is 0.322. The first-order valence-electron chi connectivity index (χ1n) is 4.82. The average molecular weight is 224 g/mol. The van der Waals surface area contributed by atoms with Gasteiger partial charge in [0.1, 0.15) is 0 Å². The molecule has 0 radical (unpaired) electrons. The van der Waals surface area contributed by atoms with Crippen molar-refractivity contribution in [1.29, 1.82) is 0 Å². The Labute approximate surface area is 93.0 Å². The molecule has 0 bridgehead atoms. The second kappa shape index (κ2) is 5.22. The molecule has 0 heterocycles. The van der Waals surface area contributed by atoms with E-state index in [1.807, 2.05) is 14.1 Å². The summed E-state index contributed by atoms with van der Waals surface area (Å²) in [5, 5.41) is 13.1. The molecule has 1 rings (SSSR count). The van der Waals surface area contributed by atoms with Crippen molar-refractivity contribution in [2.45, 2.75) is 0 Å². The van der Waals surface area contributed by atoms with Crippen LogP contribution in [0.5, 0.6) is 0 Å². The monoisotopic (exact) mass is 224 g/mol. The predicted octanol–water partition coefficient (Wildman–Crippen LogP) is -0.322. The largest absolute Gasteiger partial charge is 0.332 e. The molecule has 6 heteroatoms. The maximum Gasteiger partial charge on any atom is 0.279 e. The highest BCUT2D eigenvalue weighted by Gasteiger charge is 2.09. The molecule has 1 aromatic rings. The maximum absolute atomic E-state index is 11.4. The van der Waals surface area contributed by atoms with Crippen molar-refractivity contribution >= 4 is 17.3 Å². The van der Waals surface area contributed by atoms with Crippen LogP contribution < -0.4 is 10.2 Å². The van der Waals surface area contributed by atoms with Gasteiger partial charge in [0.05, 0.1) is 19.0 Å². The van der Waals surface area contributed by atoms with E-state index < -0.39 is 4.92 Å². The number of quaternary nitrogens is 1. The third-order valence-corrected chi connectivity index (χ3v) is 1.85. The van der Waals surface area contributed by atoms with E-state index in [0.29, 0.717) is 12.2 Å². The number of likely N-dealkylation sites (N-methyl/N-ethyl adjacent to an activating group) is 1. The van der Waals surface area contributed by atoms with Crippen LogP contribution >= 0.6 is 0 Å². The first-order chi connectivity index (χ1) is 7.49. The van der Waals surface area contributed by atoms with Gasteiger partial charge in [-0.2, -0.15) is 0 Å². The van der Waals surface area contributed by atoms with Gasteiger partial charge in [-0.1, -0.05) is 6.07 Å². The summed E-state index contributed by atoms with van der Waals surface area (Å²) in [6, 6.07) is 5.88. The number of nitrogens with one attached hydrogen (secondary N) is 2. The van der Waals surface area contributed by atoms with E-state index in [2.05, 4.69) is 5.32 Å². The zero-order chi connectivity index (χ0) is 12.1. The van der Waals surface area contributed by atoms with E-state index in [0.717, 1.165) is 4.90 Å². The SMILES string of the molecule is C[NH+](C)CC(=O)Nc1cccc([N+](=O)[O-])c1. The van der Waals surface area contributed by atoms with Crippen LogP contribution in [0.1, 0.15) is 0 Å². The van der Waals surface area contributed by atoms with Crippen molar-refractivity contribution < 1.29 is 14.6 Å². The van der Waals surface area contributed by atoms with Gasteiger partial charge in [-0.15, -0.1) is 0 Å². The number of benzene rings is 1. The van der Waals surface area contributed by atoms with Gasteiger partial charge in [0.2, 0.25) is 0 Å². The normalized spacial score (nSPS) is 10.2. The number of carbonyl (C=O) groups excluding carboxylic acids is 1. The lowest BCUT2D eigenvalue weighted by Crippen LogP contribution is -3.06. The average Bonchev–Trinajstić information content (AvgIpc) is 2.16. The lowest BCUT2D eigenvalue weighted by Gasteiger charge is -2.07. The molecule has 0 aliphatic heterocycles. The quantitative estimate of drug-likeness (QED) is 0.543. The second-order valence-corrected chi connectivity index (χ2v) is 3.74. The summed E-state index contributed by atoms with van der Waals surface area (Å²) in [5.41, 5.74) is 0.412. The molecular formula is C10H14N3O3+. The number of non-ortho nitro benzene ring substituents is 1. The van der Waals surface area contributed by atoms with Crippen LogP contribution in [0.15, 0.2) is 24.3 Å². The van der Waals surface area contributed by atoms with E-state index in [9.17, 15) is 14.9 Å². The minimum Gasteiger partial charge on any atom is -0.332 e. The Kier molecular flexibility index (Phi) is 3.96. The number of nitrogens with zero attached hydrogens (tertiary/aromatic N) is 1. The lowest BCUT2D eigenvalue weighted by atomic mass is 10.3. The summed E-state index contributed by atoms with van der Waals surface area (Å²) in [7, 11) is 3.71. The molecule has 1 aromatic carbocycles. The fourth-order valence-corrected chi connectivity index (χ4v) is 1.22. The van der Waals surface area contributed by atoms with Gasteiger partial charge < -0.3 is 10.2 Å². The van der Waals surface area contributed by atoms with Gasteiger partial charge >= 0.3 is 0 Å². The zero-order valence-electron chi connectivity index (χ0n) is 9.19. The molecule has 0 aromatic heterocycles. The molecule has 0 aliphatic carbocycles. The summed E-state index contributed by atoms with van der Waals surface area (Å²) >= 11 is 0. The Morgan fingerprint density at radius 3 is 2.75 bits per heavy atom. The predicted molar refractivity (Wildman–Crippen MR) is 59.4 cm³/mol. The Morgan fingerprint density at radius 1 is 1.50 bits per heavy atom. The molecule has 0 aliphatic rings. The van der Waals surface area contributed by atoms with Crippen molar-refractivity contribution in [3.8, 4) is 0 Å². The van der Waals surface area contributed by atoms with Gasteiger partial charge in [-0.05, 0) is 6.07 Å². The van der Waals surface area contributed by atoms with Crippen LogP contribution in [-0.2, 0) is 4.79 Å². The highest BCUT2D eigenvalue weighted by Crippen LogP contribution is 2.16. The van der Waals surface area contributed by atoms with Gasteiger partial charge in [0.15, 0.2) is 6.54 Å². The number of nitro groups is 1. The number of hydrogen-bond donors (Lipinski definition) is 2. The second-order valence-electron chi connectivity index (χ2n) is 3.74. The van der Waals surface area contributed by atoms with Crippen molar-refractivity contribution in [2.75, 3.05) is 26.0 Å². The third-order valence-electron chi connectivity index (χ3n) is 1.85. The Bertz CT molecular complexity index is 404. The van der Waals surface area contributed by atoms with Crippen LogP contribution in [0.3, 0.4) is 0 Å². The third kappa shape index (κ3) is 3.66. The fraction of sp³-hybridized carbons (Fsp3) is 0.300. The molecule has 0 saturated carbocycles. The van der Waals surface area contributed by atoms with Crippen LogP contribution in [0.25, 0.3) is 0 Å². The molecule has 86 valence electrons. The summed E-state index contributed by atoms with van der Waals surface area (Å²) in [4.78, 5) is 22.4. The summed E-state index contributed by atoms with van der Waals surface area (Å²) < 4.78 is 0. The van der Waals surface area contributed by atoms with Crippen LogP contribution in [0.2, 0.25) is 0 Å². The van der Waals surface area contributed by atoms with E-state index in [1.165, 1.54) is 18.2 Å². The smallest absolute Gasteiger partial charge is 0.279 e. The van der Waals surface area contributed by atoms with E-state index in [1.54, 1.807) is 6.07 Å². The molecule has 0 spiro atoms. The number of hydrogen-bond acceptors (Lipinski definition) is 3. The molecule has 2 N–H and O–H groups in total. The molecule has 0 saturated heterocycles. The number of rotatable bonds is 4. The molecule has 16 heavy (non-hydrogen) atoms. The van der Waals surface area contributed by atoms with Gasteiger partial charge in [0, 0.05) is 17.8 Å². The Morgan fingerprint density at radius 2 is 2.19 bits per heavy atom. The molecule has 1 amide bonds. The standard InChI is InChI=1S/C10H13N3O3/c1-12(2)7-10(14)11-8-4-3-5-9(6-8)13(15)16/h3-6H,7H2,1-2H3,(H,11,14)/p+1. The molecular weight excluding hydrogens is 210 g/mol. The lowest BCUT2D eigenvalue weighted by molar-refractivity contribution is -0.849. The number of anilines is 1. The number of nitro benzene ring substituents is 1. The van der Waals surface area contributed by atoms with E-state index >= 15 is 0 Å². The summed E-state index contributed by atoms with van der Waals surface area (Å²) in [5.74, 6) is -0.166. The maximum atomic E-state index is 11.4. The zero-order valence-corrected chi connectivity index (χ0v) is 9.19. The Hall–Kier alpha value is -1.95.